The molecule has 1 aromatic carbocycles. The van der Waals surface area contributed by atoms with Crippen LogP contribution in [0.25, 0.3) is 11.0 Å². The molecule has 0 bridgehead atoms. The average molecular weight is 132 g/mol. The summed E-state index contributed by atoms with van der Waals surface area (Å²) < 4.78 is 5.20. The van der Waals surface area contributed by atoms with Gasteiger partial charge in [-0.15, -0.1) is 0 Å². The van der Waals surface area contributed by atoms with E-state index in [1.807, 2.05) is 12.1 Å². The van der Waals surface area contributed by atoms with Crippen molar-refractivity contribution in [3.8, 4) is 0 Å². The molecule has 0 aliphatic rings. The van der Waals surface area contributed by atoms with Crippen molar-refractivity contribution in [2.24, 2.45) is 0 Å². The zero-order valence-corrected chi connectivity index (χ0v) is 5.79. The molecular formula is C9H8O. The van der Waals surface area contributed by atoms with Crippen LogP contribution in [0.4, 0.5) is 0 Å². The Bertz CT molecular complexity index is 346. The predicted molar refractivity (Wildman–Crippen MR) is 41.0 cm³/mol. The smallest absolute Gasteiger partial charge is 0.134 e. The third-order valence-electron chi connectivity index (χ3n) is 1.61. The van der Waals surface area contributed by atoms with Crippen molar-refractivity contribution in [3.63, 3.8) is 0 Å². The van der Waals surface area contributed by atoms with Crippen LogP contribution in [-0.2, 0) is 0 Å². The van der Waals surface area contributed by atoms with Crippen molar-refractivity contribution in [2.45, 2.75) is 6.92 Å². The van der Waals surface area contributed by atoms with Gasteiger partial charge in [-0.25, -0.2) is 0 Å². The molecule has 1 nitrogen and oxygen atoms in total. The summed E-state index contributed by atoms with van der Waals surface area (Å²) in [7, 11) is 0. The number of furan rings is 1. The van der Waals surface area contributed by atoms with Gasteiger partial charge in [0.1, 0.15) is 5.58 Å². The zero-order valence-electron chi connectivity index (χ0n) is 5.79. The first-order valence-corrected chi connectivity index (χ1v) is 3.30. The topological polar surface area (TPSA) is 13.1 Å². The molecule has 0 spiro atoms. The Labute approximate surface area is 59.3 Å². The zero-order chi connectivity index (χ0) is 6.97. The van der Waals surface area contributed by atoms with E-state index in [9.17, 15) is 0 Å². The van der Waals surface area contributed by atoms with Crippen LogP contribution in [0.1, 0.15) is 5.56 Å². The van der Waals surface area contributed by atoms with E-state index >= 15 is 0 Å². The second-order valence-electron chi connectivity index (χ2n) is 2.46. The fraction of sp³-hybridized carbons (Fsp3) is 0.111. The summed E-state index contributed by atoms with van der Waals surface area (Å²) in [6.45, 7) is 2.06. The van der Waals surface area contributed by atoms with E-state index in [0.717, 1.165) is 5.58 Å². The minimum Gasteiger partial charge on any atom is -0.464 e. The van der Waals surface area contributed by atoms with Crippen LogP contribution >= 0.6 is 0 Å². The molecule has 0 N–H and O–H groups in total. The quantitative estimate of drug-likeness (QED) is 0.537. The molecule has 0 saturated carbocycles. The van der Waals surface area contributed by atoms with Crippen molar-refractivity contribution in [1.82, 2.24) is 0 Å². The van der Waals surface area contributed by atoms with Crippen LogP contribution in [0.15, 0.2) is 34.9 Å². The normalized spacial score (nSPS) is 10.5. The molecule has 2 rings (SSSR count). The third-order valence-corrected chi connectivity index (χ3v) is 1.61. The number of fused-ring (bicyclic) bond motifs is 1. The second kappa shape index (κ2) is 1.87. The molecule has 1 heteroatoms. The Morgan fingerprint density at radius 1 is 1.20 bits per heavy atom. The average Bonchev–Trinajstić information content (AvgIpc) is 2.33. The summed E-state index contributed by atoms with van der Waals surface area (Å²) in [4.78, 5) is 0. The lowest BCUT2D eigenvalue weighted by Gasteiger charge is -1.89. The van der Waals surface area contributed by atoms with E-state index in [0.29, 0.717) is 0 Å². The van der Waals surface area contributed by atoms with Crippen LogP contribution in [0.3, 0.4) is 0 Å². The number of hydrogen-bond donors (Lipinski definition) is 0. The lowest BCUT2D eigenvalue weighted by Crippen LogP contribution is -1.67. The standard InChI is InChI=1S/C9H8O/c1-7-2-3-8-4-5-10-9(8)6-7/h2-6H,1H3. The number of benzene rings is 1. The van der Waals surface area contributed by atoms with Crippen molar-refractivity contribution in [1.29, 1.82) is 0 Å². The second-order valence-corrected chi connectivity index (χ2v) is 2.46. The van der Waals surface area contributed by atoms with E-state index in [1.54, 1.807) is 6.26 Å². The Balaban J connectivity index is 2.86. The van der Waals surface area contributed by atoms with Gasteiger partial charge in [0.2, 0.25) is 0 Å². The van der Waals surface area contributed by atoms with E-state index in [1.165, 1.54) is 10.9 Å². The van der Waals surface area contributed by atoms with E-state index in [2.05, 4.69) is 19.1 Å². The molecule has 50 valence electrons. The fourth-order valence-corrected chi connectivity index (χ4v) is 1.06. The van der Waals surface area contributed by atoms with Crippen LogP contribution in [0.5, 0.6) is 0 Å². The summed E-state index contributed by atoms with van der Waals surface area (Å²) in [6, 6.07) is 8.15. The first-order chi connectivity index (χ1) is 4.86. The fourth-order valence-electron chi connectivity index (χ4n) is 1.06. The summed E-state index contributed by atoms with van der Waals surface area (Å²) in [5, 5.41) is 1.17. The Morgan fingerprint density at radius 2 is 2.10 bits per heavy atom. The molecule has 2 aromatic rings. The predicted octanol–water partition coefficient (Wildman–Crippen LogP) is 2.74. The molecule has 0 fully saturated rings. The first-order valence-electron chi connectivity index (χ1n) is 3.30. The summed E-state index contributed by atoms with van der Waals surface area (Å²) in [5.41, 5.74) is 2.21. The van der Waals surface area contributed by atoms with Gasteiger partial charge in [-0.05, 0) is 24.6 Å². The monoisotopic (exact) mass is 132 g/mol. The van der Waals surface area contributed by atoms with Crippen molar-refractivity contribution in [2.75, 3.05) is 0 Å². The van der Waals surface area contributed by atoms with Gasteiger partial charge < -0.3 is 4.42 Å². The van der Waals surface area contributed by atoms with Crippen molar-refractivity contribution >= 4 is 11.0 Å². The van der Waals surface area contributed by atoms with Gasteiger partial charge in [0, 0.05) is 5.39 Å². The van der Waals surface area contributed by atoms with Crippen LogP contribution in [0, 0.1) is 6.92 Å². The van der Waals surface area contributed by atoms with Gasteiger partial charge in [0.05, 0.1) is 6.26 Å². The van der Waals surface area contributed by atoms with Gasteiger partial charge in [-0.2, -0.15) is 0 Å². The first kappa shape index (κ1) is 5.54. The molecule has 1 aromatic heterocycles. The van der Waals surface area contributed by atoms with Crippen molar-refractivity contribution in [3.05, 3.63) is 36.1 Å². The van der Waals surface area contributed by atoms with Gasteiger partial charge in [0.15, 0.2) is 0 Å². The Hall–Kier alpha value is -1.24. The molecule has 0 saturated heterocycles. The molecule has 10 heavy (non-hydrogen) atoms. The maximum Gasteiger partial charge on any atom is 0.134 e. The number of aryl methyl sites for hydroxylation is 1. The van der Waals surface area contributed by atoms with Crippen LogP contribution in [0.2, 0.25) is 0 Å². The number of hydrogen-bond acceptors (Lipinski definition) is 1. The highest BCUT2D eigenvalue weighted by Gasteiger charge is 1.93. The minimum absolute atomic E-state index is 0.972. The maximum atomic E-state index is 5.20. The van der Waals surface area contributed by atoms with Crippen LogP contribution < -0.4 is 0 Å². The molecule has 0 radical (unpaired) electrons. The largest absolute Gasteiger partial charge is 0.464 e. The van der Waals surface area contributed by atoms with Gasteiger partial charge in [-0.1, -0.05) is 12.1 Å². The molecule has 0 aliphatic carbocycles. The summed E-state index contributed by atoms with van der Waals surface area (Å²) in [6.07, 6.45) is 1.71. The lowest BCUT2D eigenvalue weighted by atomic mass is 10.2. The van der Waals surface area contributed by atoms with Gasteiger partial charge >= 0.3 is 0 Å². The van der Waals surface area contributed by atoms with Crippen LogP contribution in [-0.4, -0.2) is 0 Å². The molecule has 1 heterocycles. The van der Waals surface area contributed by atoms with E-state index in [4.69, 9.17) is 4.42 Å². The third kappa shape index (κ3) is 0.711. The molecular weight excluding hydrogens is 124 g/mol. The highest BCUT2D eigenvalue weighted by Crippen LogP contribution is 2.15. The van der Waals surface area contributed by atoms with Gasteiger partial charge in [-0.3, -0.25) is 0 Å². The summed E-state index contributed by atoms with van der Waals surface area (Å²) >= 11 is 0. The van der Waals surface area contributed by atoms with Gasteiger partial charge in [0.25, 0.3) is 0 Å². The molecule has 0 atom stereocenters. The van der Waals surface area contributed by atoms with E-state index < -0.39 is 0 Å². The van der Waals surface area contributed by atoms with Crippen molar-refractivity contribution < 1.29 is 4.42 Å². The highest BCUT2D eigenvalue weighted by molar-refractivity contribution is 5.77. The SMILES string of the molecule is Cc1ccc2ccoc2c1. The minimum atomic E-state index is 0.972. The van der Waals surface area contributed by atoms with E-state index in [-0.39, 0.29) is 0 Å². The molecule has 0 amide bonds. The Kier molecular flexibility index (Phi) is 1.04. The Morgan fingerprint density at radius 3 is 3.00 bits per heavy atom. The molecule has 0 aliphatic heterocycles. The maximum absolute atomic E-state index is 5.20. The lowest BCUT2D eigenvalue weighted by molar-refractivity contribution is 0.615. The number of rotatable bonds is 0. The molecule has 0 unspecified atom stereocenters. The summed E-state index contributed by atoms with van der Waals surface area (Å²) in [5.74, 6) is 0. The highest BCUT2D eigenvalue weighted by atomic mass is 16.3.